The molecule has 1 aromatic carbocycles. The standard InChI is InChI=1S/C15H13FN4O4/c1-18-8-17-13-12(18)14(22)20(15(23)19(13)2)7-11(21)24-10-6-4-3-5-9(10)16/h3-6,8H,7H2,1-2H3. The highest BCUT2D eigenvalue weighted by atomic mass is 19.1. The van der Waals surface area contributed by atoms with Crippen molar-refractivity contribution in [3.05, 3.63) is 57.2 Å². The number of fused-ring (bicyclic) bond motifs is 1. The van der Waals surface area contributed by atoms with Gasteiger partial charge in [-0.15, -0.1) is 0 Å². The molecule has 0 fully saturated rings. The summed E-state index contributed by atoms with van der Waals surface area (Å²) in [4.78, 5) is 40.7. The molecular formula is C15H13FN4O4. The molecule has 2 heterocycles. The van der Waals surface area contributed by atoms with Crippen LogP contribution in [0.4, 0.5) is 4.39 Å². The smallest absolute Gasteiger partial charge is 0.333 e. The number of ether oxygens (including phenoxy) is 1. The first kappa shape index (κ1) is 15.7. The Bertz CT molecular complexity index is 1060. The van der Waals surface area contributed by atoms with Gasteiger partial charge in [0.2, 0.25) is 0 Å². The van der Waals surface area contributed by atoms with Gasteiger partial charge in [0.05, 0.1) is 6.33 Å². The Kier molecular flexibility index (Phi) is 3.76. The monoisotopic (exact) mass is 332 g/mol. The Hall–Kier alpha value is -3.23. The number of imidazole rings is 1. The lowest BCUT2D eigenvalue weighted by Gasteiger charge is -2.09. The summed E-state index contributed by atoms with van der Waals surface area (Å²) in [5.74, 6) is -1.91. The molecule has 3 rings (SSSR count). The molecule has 0 aliphatic heterocycles. The maximum Gasteiger partial charge on any atom is 0.333 e. The van der Waals surface area contributed by atoms with Crippen LogP contribution in [0.1, 0.15) is 0 Å². The van der Waals surface area contributed by atoms with Crippen molar-refractivity contribution in [1.82, 2.24) is 18.7 Å². The average Bonchev–Trinajstić information content (AvgIpc) is 2.94. The normalized spacial score (nSPS) is 11.0. The predicted molar refractivity (Wildman–Crippen MR) is 82.3 cm³/mol. The molecule has 0 aliphatic rings. The molecule has 2 aromatic heterocycles. The quantitative estimate of drug-likeness (QED) is 0.504. The van der Waals surface area contributed by atoms with Crippen molar-refractivity contribution < 1.29 is 13.9 Å². The fourth-order valence-corrected chi connectivity index (χ4v) is 2.35. The zero-order valence-electron chi connectivity index (χ0n) is 12.9. The van der Waals surface area contributed by atoms with E-state index < -0.39 is 29.6 Å². The molecule has 0 radical (unpaired) electrons. The number of hydrogen-bond donors (Lipinski definition) is 0. The van der Waals surface area contributed by atoms with E-state index in [4.69, 9.17) is 4.74 Å². The highest BCUT2D eigenvalue weighted by Crippen LogP contribution is 2.15. The first-order chi connectivity index (χ1) is 11.4. The summed E-state index contributed by atoms with van der Waals surface area (Å²) in [7, 11) is 3.04. The lowest BCUT2D eigenvalue weighted by atomic mass is 10.3. The van der Waals surface area contributed by atoms with Crippen LogP contribution in [0.5, 0.6) is 5.75 Å². The number of esters is 1. The van der Waals surface area contributed by atoms with Crippen LogP contribution in [0.2, 0.25) is 0 Å². The summed E-state index contributed by atoms with van der Waals surface area (Å²) < 4.78 is 21.7. The van der Waals surface area contributed by atoms with Crippen LogP contribution in [-0.4, -0.2) is 24.7 Å². The number of aryl methyl sites for hydroxylation is 2. The highest BCUT2D eigenvalue weighted by Gasteiger charge is 2.18. The summed E-state index contributed by atoms with van der Waals surface area (Å²) >= 11 is 0. The minimum Gasteiger partial charge on any atom is -0.422 e. The highest BCUT2D eigenvalue weighted by molar-refractivity contribution is 5.73. The molecule has 0 unspecified atom stereocenters. The van der Waals surface area contributed by atoms with Crippen LogP contribution < -0.4 is 16.0 Å². The van der Waals surface area contributed by atoms with Gasteiger partial charge >= 0.3 is 11.7 Å². The van der Waals surface area contributed by atoms with E-state index in [9.17, 15) is 18.8 Å². The second-order valence-electron chi connectivity index (χ2n) is 5.17. The Morgan fingerprint density at radius 3 is 2.67 bits per heavy atom. The molecule has 0 N–H and O–H groups in total. The van der Waals surface area contributed by atoms with Gasteiger partial charge in [0.25, 0.3) is 5.56 Å². The molecule has 0 saturated carbocycles. The van der Waals surface area contributed by atoms with Crippen molar-refractivity contribution in [3.63, 3.8) is 0 Å². The van der Waals surface area contributed by atoms with Gasteiger partial charge in [-0.25, -0.2) is 23.5 Å². The number of benzene rings is 1. The van der Waals surface area contributed by atoms with Crippen molar-refractivity contribution in [2.75, 3.05) is 0 Å². The fourth-order valence-electron chi connectivity index (χ4n) is 2.35. The van der Waals surface area contributed by atoms with Crippen LogP contribution in [-0.2, 0) is 25.4 Å². The molecule has 0 spiro atoms. The summed E-state index contributed by atoms with van der Waals surface area (Å²) in [5.41, 5.74) is -0.989. The van der Waals surface area contributed by atoms with E-state index in [2.05, 4.69) is 4.98 Å². The average molecular weight is 332 g/mol. The van der Waals surface area contributed by atoms with Crippen LogP contribution in [0, 0.1) is 5.82 Å². The molecule has 3 aromatic rings. The van der Waals surface area contributed by atoms with Crippen molar-refractivity contribution >= 4 is 17.1 Å². The molecule has 0 aliphatic carbocycles. The van der Waals surface area contributed by atoms with Gasteiger partial charge in [-0.3, -0.25) is 9.36 Å². The summed E-state index contributed by atoms with van der Waals surface area (Å²) in [6.45, 7) is -0.638. The minimum absolute atomic E-state index is 0.177. The molecule has 124 valence electrons. The van der Waals surface area contributed by atoms with E-state index in [0.29, 0.717) is 0 Å². The topological polar surface area (TPSA) is 88.1 Å². The number of para-hydroxylation sites is 1. The van der Waals surface area contributed by atoms with E-state index in [-0.39, 0.29) is 16.9 Å². The zero-order valence-corrected chi connectivity index (χ0v) is 12.9. The van der Waals surface area contributed by atoms with Gasteiger partial charge in [0.1, 0.15) is 6.54 Å². The van der Waals surface area contributed by atoms with E-state index >= 15 is 0 Å². The van der Waals surface area contributed by atoms with Crippen molar-refractivity contribution in [2.24, 2.45) is 14.1 Å². The number of carbonyl (C=O) groups excluding carboxylic acids is 1. The lowest BCUT2D eigenvalue weighted by molar-refractivity contribution is -0.135. The summed E-state index contributed by atoms with van der Waals surface area (Å²) in [6.07, 6.45) is 1.40. The van der Waals surface area contributed by atoms with Gasteiger partial charge in [0, 0.05) is 14.1 Å². The molecule has 0 amide bonds. The fraction of sp³-hybridized carbons (Fsp3) is 0.200. The molecule has 0 bridgehead atoms. The summed E-state index contributed by atoms with van der Waals surface area (Å²) in [6, 6.07) is 5.36. The third-order valence-corrected chi connectivity index (χ3v) is 3.55. The van der Waals surface area contributed by atoms with Crippen LogP contribution in [0.15, 0.2) is 40.2 Å². The Morgan fingerprint density at radius 2 is 1.96 bits per heavy atom. The van der Waals surface area contributed by atoms with E-state index in [0.717, 1.165) is 15.2 Å². The van der Waals surface area contributed by atoms with Crippen LogP contribution in [0.3, 0.4) is 0 Å². The first-order valence-electron chi connectivity index (χ1n) is 6.96. The van der Waals surface area contributed by atoms with Crippen LogP contribution in [0.25, 0.3) is 11.2 Å². The van der Waals surface area contributed by atoms with Gasteiger partial charge in [0.15, 0.2) is 22.7 Å². The van der Waals surface area contributed by atoms with E-state index in [1.807, 2.05) is 0 Å². The Balaban J connectivity index is 2.00. The summed E-state index contributed by atoms with van der Waals surface area (Å²) in [5, 5.41) is 0. The number of aromatic nitrogens is 4. The third-order valence-electron chi connectivity index (χ3n) is 3.55. The third kappa shape index (κ3) is 2.49. The zero-order chi connectivity index (χ0) is 17.4. The van der Waals surface area contributed by atoms with Crippen molar-refractivity contribution in [3.8, 4) is 5.75 Å². The molecule has 24 heavy (non-hydrogen) atoms. The van der Waals surface area contributed by atoms with E-state index in [1.54, 1.807) is 7.05 Å². The van der Waals surface area contributed by atoms with Crippen molar-refractivity contribution in [1.29, 1.82) is 0 Å². The predicted octanol–water partition coefficient (Wildman–Crippen LogP) is 0.178. The lowest BCUT2D eigenvalue weighted by Crippen LogP contribution is -2.42. The number of rotatable bonds is 3. The maximum absolute atomic E-state index is 13.5. The van der Waals surface area contributed by atoms with Crippen LogP contribution >= 0.6 is 0 Å². The molecule has 8 nitrogen and oxygen atoms in total. The molecule has 0 atom stereocenters. The number of hydrogen-bond acceptors (Lipinski definition) is 5. The van der Waals surface area contributed by atoms with Gasteiger partial charge in [-0.2, -0.15) is 0 Å². The maximum atomic E-state index is 13.5. The second-order valence-corrected chi connectivity index (χ2v) is 5.17. The molecule has 9 heteroatoms. The Morgan fingerprint density at radius 1 is 1.25 bits per heavy atom. The number of nitrogens with zero attached hydrogens (tertiary/aromatic N) is 4. The minimum atomic E-state index is -0.930. The van der Waals surface area contributed by atoms with Gasteiger partial charge in [-0.05, 0) is 12.1 Å². The van der Waals surface area contributed by atoms with Gasteiger partial charge in [-0.1, -0.05) is 12.1 Å². The van der Waals surface area contributed by atoms with Gasteiger partial charge < -0.3 is 9.30 Å². The number of carbonyl (C=O) groups is 1. The largest absolute Gasteiger partial charge is 0.422 e. The molecular weight excluding hydrogens is 319 g/mol. The second kappa shape index (κ2) is 5.76. The number of halogens is 1. The molecule has 0 saturated heterocycles. The first-order valence-corrected chi connectivity index (χ1v) is 6.96. The van der Waals surface area contributed by atoms with E-state index in [1.165, 1.54) is 36.1 Å². The SMILES string of the molecule is Cn1cnc2c1c(=O)n(CC(=O)Oc1ccccc1F)c(=O)n2C. The van der Waals surface area contributed by atoms with Crippen molar-refractivity contribution in [2.45, 2.75) is 6.54 Å². The Labute approximate surface area is 134 Å².